The number of nitrogens with one attached hydrogen (secondary N) is 1. The number of benzene rings is 1. The fourth-order valence-corrected chi connectivity index (χ4v) is 2.86. The van der Waals surface area contributed by atoms with Crippen molar-refractivity contribution < 1.29 is 5.11 Å². The highest BCUT2D eigenvalue weighted by Gasteiger charge is 2.12. The molecular formula is C16H27NOS. The molecule has 0 saturated heterocycles. The van der Waals surface area contributed by atoms with Crippen LogP contribution in [-0.2, 0) is 5.75 Å². The molecule has 0 radical (unpaired) electrons. The molecule has 0 spiro atoms. The van der Waals surface area contributed by atoms with Crippen LogP contribution in [0.5, 0.6) is 0 Å². The van der Waals surface area contributed by atoms with Crippen molar-refractivity contribution in [2.75, 3.05) is 12.3 Å². The van der Waals surface area contributed by atoms with E-state index in [0.29, 0.717) is 6.54 Å². The largest absolute Gasteiger partial charge is 0.391 e. The SMILES string of the molecule is Cc1cc(C)cc(CSCC(O)CNC(C)(C)C)c1. The van der Waals surface area contributed by atoms with Gasteiger partial charge in [0.25, 0.3) is 0 Å². The molecule has 3 heteroatoms. The molecule has 0 saturated carbocycles. The molecule has 108 valence electrons. The van der Waals surface area contributed by atoms with Crippen LogP contribution in [0.1, 0.15) is 37.5 Å². The van der Waals surface area contributed by atoms with Crippen LogP contribution in [0.2, 0.25) is 0 Å². The van der Waals surface area contributed by atoms with Crippen molar-refractivity contribution in [1.29, 1.82) is 0 Å². The zero-order valence-electron chi connectivity index (χ0n) is 12.8. The second-order valence-corrected chi connectivity index (χ2v) is 7.33. The van der Waals surface area contributed by atoms with Crippen LogP contribution in [0.15, 0.2) is 18.2 Å². The van der Waals surface area contributed by atoms with Gasteiger partial charge in [-0.1, -0.05) is 29.3 Å². The molecule has 0 aliphatic heterocycles. The minimum absolute atomic E-state index is 0.0688. The van der Waals surface area contributed by atoms with Gasteiger partial charge in [0.2, 0.25) is 0 Å². The smallest absolute Gasteiger partial charge is 0.0755 e. The van der Waals surface area contributed by atoms with Gasteiger partial charge in [-0.05, 0) is 40.2 Å². The predicted molar refractivity (Wildman–Crippen MR) is 85.8 cm³/mol. The van der Waals surface area contributed by atoms with Crippen molar-refractivity contribution in [1.82, 2.24) is 5.32 Å². The fourth-order valence-electron chi connectivity index (χ4n) is 1.95. The third kappa shape index (κ3) is 7.61. The number of hydrogen-bond donors (Lipinski definition) is 2. The van der Waals surface area contributed by atoms with Gasteiger partial charge in [-0.3, -0.25) is 0 Å². The Morgan fingerprint density at radius 3 is 2.26 bits per heavy atom. The van der Waals surface area contributed by atoms with E-state index in [1.807, 2.05) is 0 Å². The number of aliphatic hydroxyl groups excluding tert-OH is 1. The van der Waals surface area contributed by atoms with Crippen molar-refractivity contribution >= 4 is 11.8 Å². The average Bonchev–Trinajstić information content (AvgIpc) is 2.24. The lowest BCUT2D eigenvalue weighted by Crippen LogP contribution is -2.41. The Hall–Kier alpha value is -0.510. The summed E-state index contributed by atoms with van der Waals surface area (Å²) < 4.78 is 0. The molecule has 1 rings (SSSR count). The predicted octanol–water partition coefficient (Wildman–Crippen LogP) is 3.29. The Labute approximate surface area is 122 Å². The number of hydrogen-bond acceptors (Lipinski definition) is 3. The van der Waals surface area contributed by atoms with Gasteiger partial charge in [0.15, 0.2) is 0 Å². The summed E-state index contributed by atoms with van der Waals surface area (Å²) in [4.78, 5) is 0. The minimum atomic E-state index is -0.282. The van der Waals surface area contributed by atoms with Crippen LogP contribution in [0.25, 0.3) is 0 Å². The number of aliphatic hydroxyl groups is 1. The van der Waals surface area contributed by atoms with Gasteiger partial charge in [0.05, 0.1) is 6.10 Å². The first-order valence-corrected chi connectivity index (χ1v) is 8.00. The Morgan fingerprint density at radius 2 is 1.74 bits per heavy atom. The number of β-amino-alcohol motifs (C(OH)–C–C–N with tert-alkyl or cyclic N) is 1. The zero-order chi connectivity index (χ0) is 14.5. The third-order valence-electron chi connectivity index (χ3n) is 2.73. The molecule has 1 atom stereocenters. The molecule has 19 heavy (non-hydrogen) atoms. The normalized spacial score (nSPS) is 13.6. The average molecular weight is 281 g/mol. The molecular weight excluding hydrogens is 254 g/mol. The van der Waals surface area contributed by atoms with Crippen LogP contribution in [0.3, 0.4) is 0 Å². The van der Waals surface area contributed by atoms with Gasteiger partial charge in [-0.2, -0.15) is 11.8 Å². The Bertz CT molecular complexity index is 378. The van der Waals surface area contributed by atoms with E-state index in [1.165, 1.54) is 16.7 Å². The molecule has 0 fully saturated rings. The first kappa shape index (κ1) is 16.5. The maximum absolute atomic E-state index is 9.92. The van der Waals surface area contributed by atoms with E-state index < -0.39 is 0 Å². The van der Waals surface area contributed by atoms with E-state index in [4.69, 9.17) is 0 Å². The molecule has 0 amide bonds. The van der Waals surface area contributed by atoms with Crippen LogP contribution in [0, 0.1) is 13.8 Å². The monoisotopic (exact) mass is 281 g/mol. The van der Waals surface area contributed by atoms with Gasteiger partial charge >= 0.3 is 0 Å². The summed E-state index contributed by atoms with van der Waals surface area (Å²) in [7, 11) is 0. The lowest BCUT2D eigenvalue weighted by Gasteiger charge is -2.22. The standard InChI is InChI=1S/C16H27NOS/c1-12-6-13(2)8-14(7-12)10-19-11-15(18)9-17-16(3,4)5/h6-8,15,17-18H,9-11H2,1-5H3. The topological polar surface area (TPSA) is 32.3 Å². The molecule has 1 unspecified atom stereocenters. The zero-order valence-corrected chi connectivity index (χ0v) is 13.6. The number of rotatable bonds is 6. The summed E-state index contributed by atoms with van der Waals surface area (Å²) in [5.41, 5.74) is 4.04. The minimum Gasteiger partial charge on any atom is -0.391 e. The van der Waals surface area contributed by atoms with Gasteiger partial charge in [-0.25, -0.2) is 0 Å². The Kier molecular flexibility index (Phi) is 6.37. The van der Waals surface area contributed by atoms with E-state index in [-0.39, 0.29) is 11.6 Å². The second-order valence-electron chi connectivity index (χ2n) is 6.30. The van der Waals surface area contributed by atoms with Gasteiger partial charge in [0, 0.05) is 23.6 Å². The van der Waals surface area contributed by atoms with Crippen molar-refractivity contribution in [3.05, 3.63) is 34.9 Å². The summed E-state index contributed by atoms with van der Waals surface area (Å²) in [5.74, 6) is 1.74. The Balaban J connectivity index is 2.29. The van der Waals surface area contributed by atoms with Crippen LogP contribution < -0.4 is 5.32 Å². The molecule has 0 aliphatic rings. The van der Waals surface area contributed by atoms with Gasteiger partial charge in [0.1, 0.15) is 0 Å². The van der Waals surface area contributed by atoms with Crippen LogP contribution >= 0.6 is 11.8 Å². The van der Waals surface area contributed by atoms with E-state index in [9.17, 15) is 5.11 Å². The van der Waals surface area contributed by atoms with Crippen LogP contribution in [0.4, 0.5) is 0 Å². The molecule has 0 aliphatic carbocycles. The molecule has 0 bridgehead atoms. The quantitative estimate of drug-likeness (QED) is 0.839. The van der Waals surface area contributed by atoms with Crippen molar-refractivity contribution in [3.8, 4) is 0 Å². The molecule has 1 aromatic carbocycles. The van der Waals surface area contributed by atoms with Crippen molar-refractivity contribution in [2.45, 2.75) is 52.0 Å². The highest BCUT2D eigenvalue weighted by atomic mass is 32.2. The molecule has 1 aromatic rings. The Morgan fingerprint density at radius 1 is 1.16 bits per heavy atom. The fraction of sp³-hybridized carbons (Fsp3) is 0.625. The lowest BCUT2D eigenvalue weighted by molar-refractivity contribution is 0.183. The van der Waals surface area contributed by atoms with Crippen molar-refractivity contribution in [3.63, 3.8) is 0 Å². The number of aryl methyl sites for hydroxylation is 2. The lowest BCUT2D eigenvalue weighted by atomic mass is 10.1. The van der Waals surface area contributed by atoms with Crippen LogP contribution in [-0.4, -0.2) is 29.0 Å². The van der Waals surface area contributed by atoms with Crippen molar-refractivity contribution in [2.24, 2.45) is 0 Å². The third-order valence-corrected chi connectivity index (χ3v) is 3.89. The molecule has 0 heterocycles. The van der Waals surface area contributed by atoms with E-state index >= 15 is 0 Å². The summed E-state index contributed by atoms with van der Waals surface area (Å²) in [6.07, 6.45) is -0.282. The summed E-state index contributed by atoms with van der Waals surface area (Å²) in [5, 5.41) is 13.2. The molecule has 2 nitrogen and oxygen atoms in total. The highest BCUT2D eigenvalue weighted by Crippen LogP contribution is 2.16. The van der Waals surface area contributed by atoms with E-state index in [0.717, 1.165) is 11.5 Å². The van der Waals surface area contributed by atoms with Gasteiger partial charge in [-0.15, -0.1) is 0 Å². The highest BCUT2D eigenvalue weighted by molar-refractivity contribution is 7.98. The number of thioether (sulfide) groups is 1. The summed E-state index contributed by atoms with van der Waals surface area (Å²) in [6, 6.07) is 6.63. The summed E-state index contributed by atoms with van der Waals surface area (Å²) >= 11 is 1.79. The van der Waals surface area contributed by atoms with E-state index in [1.54, 1.807) is 11.8 Å². The first-order chi connectivity index (χ1) is 8.76. The van der Waals surface area contributed by atoms with Gasteiger partial charge < -0.3 is 10.4 Å². The molecule has 0 aromatic heterocycles. The molecule has 2 N–H and O–H groups in total. The summed E-state index contributed by atoms with van der Waals surface area (Å²) in [6.45, 7) is 11.3. The maximum atomic E-state index is 9.92. The second kappa shape index (κ2) is 7.32. The maximum Gasteiger partial charge on any atom is 0.0755 e. The first-order valence-electron chi connectivity index (χ1n) is 6.84. The van der Waals surface area contributed by atoms with E-state index in [2.05, 4.69) is 58.1 Å².